The minimum Gasteiger partial charge on any atom is -0.383 e. The molecule has 2 aromatic heterocycles. The Balaban J connectivity index is 1.55. The molecule has 7 heteroatoms. The molecule has 0 saturated heterocycles. The van der Waals surface area contributed by atoms with Crippen LogP contribution in [0.2, 0.25) is 0 Å². The molecule has 4 N–H and O–H groups in total. The van der Waals surface area contributed by atoms with Crippen LogP contribution in [0.5, 0.6) is 0 Å². The van der Waals surface area contributed by atoms with Gasteiger partial charge in [-0.15, -0.1) is 0 Å². The van der Waals surface area contributed by atoms with Crippen LogP contribution in [-0.2, 0) is 0 Å². The first-order chi connectivity index (χ1) is 16.5. The number of benzene rings is 1. The van der Waals surface area contributed by atoms with Crippen LogP contribution in [0.15, 0.2) is 41.0 Å². The Morgan fingerprint density at radius 2 is 1.79 bits per heavy atom. The van der Waals surface area contributed by atoms with E-state index < -0.39 is 6.29 Å². The molecule has 1 saturated carbocycles. The summed E-state index contributed by atoms with van der Waals surface area (Å²) in [6.07, 6.45) is 14.9. The van der Waals surface area contributed by atoms with Crippen molar-refractivity contribution in [2.45, 2.75) is 63.6 Å². The number of aliphatic hydroxyl groups is 2. The molecule has 0 aliphatic heterocycles. The molecular formula is C27H31BrN4O2. The number of hydrogen-bond donors (Lipinski definition) is 3. The average molecular weight is 523 g/mol. The van der Waals surface area contributed by atoms with E-state index in [1.54, 1.807) is 4.52 Å². The second kappa shape index (κ2) is 10.0. The molecule has 0 spiro atoms. The Bertz CT molecular complexity index is 1340. The Hall–Kier alpha value is -2.48. The largest absolute Gasteiger partial charge is 0.383 e. The molecule has 3 aromatic rings. The highest BCUT2D eigenvalue weighted by Gasteiger charge is 2.28. The maximum atomic E-state index is 9.33. The standard InChI is InChI=1S/C27H31BrN4O2/c28-24-25(19-12-10-17(11-13-19)14-23(33)34)31-27-22(16-30-32(27)26(24)29)21-9-3-1-2-6-18-7-4-5-8-20(18)15-21/h4-9,15-17,19,23,33-34H,1-3,10-14,29H2/b18-6-,20-15-,21-9+. The lowest BCUT2D eigenvalue weighted by Gasteiger charge is -2.29. The Morgan fingerprint density at radius 3 is 2.56 bits per heavy atom. The zero-order valence-electron chi connectivity index (χ0n) is 19.2. The number of halogens is 1. The zero-order chi connectivity index (χ0) is 23.7. The molecule has 6 nitrogen and oxygen atoms in total. The van der Waals surface area contributed by atoms with Crippen molar-refractivity contribution >= 4 is 45.1 Å². The van der Waals surface area contributed by atoms with Gasteiger partial charge in [0.05, 0.1) is 16.4 Å². The molecule has 0 atom stereocenters. The molecule has 1 fully saturated rings. The molecule has 0 unspecified atom stereocenters. The van der Waals surface area contributed by atoms with Gasteiger partial charge in [0.25, 0.3) is 0 Å². The molecule has 2 heterocycles. The van der Waals surface area contributed by atoms with E-state index in [0.29, 0.717) is 18.2 Å². The molecule has 2 aliphatic rings. The van der Waals surface area contributed by atoms with E-state index in [1.165, 1.54) is 10.4 Å². The van der Waals surface area contributed by atoms with E-state index in [-0.39, 0.29) is 5.92 Å². The number of hydrogen-bond acceptors (Lipinski definition) is 5. The molecule has 0 amide bonds. The van der Waals surface area contributed by atoms with Gasteiger partial charge >= 0.3 is 0 Å². The van der Waals surface area contributed by atoms with Gasteiger partial charge < -0.3 is 15.9 Å². The van der Waals surface area contributed by atoms with Crippen molar-refractivity contribution < 1.29 is 10.2 Å². The normalized spacial score (nSPS) is 24.6. The summed E-state index contributed by atoms with van der Waals surface area (Å²) in [7, 11) is 0. The Labute approximate surface area is 207 Å². The van der Waals surface area contributed by atoms with Crippen molar-refractivity contribution in [1.82, 2.24) is 14.6 Å². The molecule has 2 aliphatic carbocycles. The highest BCUT2D eigenvalue weighted by atomic mass is 79.9. The first kappa shape index (κ1) is 23.3. The predicted molar refractivity (Wildman–Crippen MR) is 139 cm³/mol. The van der Waals surface area contributed by atoms with E-state index >= 15 is 0 Å². The quantitative estimate of drug-likeness (QED) is 0.451. The van der Waals surface area contributed by atoms with Crippen molar-refractivity contribution in [2.75, 3.05) is 5.73 Å². The summed E-state index contributed by atoms with van der Waals surface area (Å²) < 4.78 is 2.54. The fourth-order valence-electron chi connectivity index (χ4n) is 5.33. The second-order valence-electron chi connectivity index (χ2n) is 9.49. The summed E-state index contributed by atoms with van der Waals surface area (Å²) in [5.41, 5.74) is 10.4. The van der Waals surface area contributed by atoms with E-state index in [4.69, 9.17) is 10.7 Å². The highest BCUT2D eigenvalue weighted by Crippen LogP contribution is 2.41. The number of nitrogens with zero attached hydrogens (tertiary/aromatic N) is 3. The van der Waals surface area contributed by atoms with E-state index in [9.17, 15) is 10.2 Å². The number of rotatable bonds is 4. The number of aromatic nitrogens is 3. The number of anilines is 1. The molecule has 5 rings (SSSR count). The Morgan fingerprint density at radius 1 is 1.06 bits per heavy atom. The summed E-state index contributed by atoms with van der Waals surface area (Å²) in [4.78, 5) is 5.12. The Kier molecular flexibility index (Phi) is 6.86. The SMILES string of the molecule is Nc1c(Br)c(C2CCC(CC(O)O)CC2)nc2c(C3=C\CCC/C=c4/cccc/c4=C/3)cnn12. The first-order valence-electron chi connectivity index (χ1n) is 12.2. The summed E-state index contributed by atoms with van der Waals surface area (Å²) in [6, 6.07) is 8.49. The number of nitrogens with two attached hydrogens (primary N) is 1. The predicted octanol–water partition coefficient (Wildman–Crippen LogP) is 3.88. The number of allylic oxidation sites excluding steroid dienone is 2. The van der Waals surface area contributed by atoms with Gasteiger partial charge in [-0.3, -0.25) is 0 Å². The second-order valence-corrected chi connectivity index (χ2v) is 10.3. The van der Waals surface area contributed by atoms with Crippen LogP contribution >= 0.6 is 15.9 Å². The zero-order valence-corrected chi connectivity index (χ0v) is 20.8. The minimum absolute atomic E-state index is 0.283. The van der Waals surface area contributed by atoms with Gasteiger partial charge in [0.2, 0.25) is 0 Å². The van der Waals surface area contributed by atoms with Crippen LogP contribution in [0.3, 0.4) is 0 Å². The summed E-state index contributed by atoms with van der Waals surface area (Å²) in [5, 5.41) is 25.7. The van der Waals surface area contributed by atoms with Crippen molar-refractivity contribution in [1.29, 1.82) is 0 Å². The van der Waals surface area contributed by atoms with Crippen LogP contribution < -0.4 is 16.2 Å². The average Bonchev–Trinajstić information content (AvgIpc) is 3.28. The summed E-state index contributed by atoms with van der Waals surface area (Å²) in [6.45, 7) is 0. The fraction of sp³-hybridized carbons (Fsp3) is 0.407. The van der Waals surface area contributed by atoms with Gasteiger partial charge in [-0.05, 0) is 88.9 Å². The molecular weight excluding hydrogens is 492 g/mol. The smallest absolute Gasteiger partial charge is 0.165 e. The van der Waals surface area contributed by atoms with Crippen LogP contribution in [0.4, 0.5) is 5.82 Å². The molecule has 0 radical (unpaired) electrons. The summed E-state index contributed by atoms with van der Waals surface area (Å²) in [5.74, 6) is 1.19. The van der Waals surface area contributed by atoms with Gasteiger partial charge in [0.15, 0.2) is 11.9 Å². The number of aliphatic hydroxyl groups excluding tert-OH is 1. The lowest BCUT2D eigenvalue weighted by atomic mass is 9.79. The minimum atomic E-state index is -1.23. The van der Waals surface area contributed by atoms with Crippen molar-refractivity contribution in [2.24, 2.45) is 5.92 Å². The van der Waals surface area contributed by atoms with E-state index in [2.05, 4.69) is 63.5 Å². The summed E-state index contributed by atoms with van der Waals surface area (Å²) >= 11 is 3.70. The molecule has 1 aromatic carbocycles. The third-order valence-corrected chi connectivity index (χ3v) is 7.99. The molecule has 178 valence electrons. The topological polar surface area (TPSA) is 96.7 Å². The van der Waals surface area contributed by atoms with Gasteiger partial charge in [-0.2, -0.15) is 9.61 Å². The van der Waals surface area contributed by atoms with Gasteiger partial charge in [0, 0.05) is 17.9 Å². The maximum absolute atomic E-state index is 9.33. The fourth-order valence-corrected chi connectivity index (χ4v) is 5.91. The third kappa shape index (κ3) is 4.69. The molecule has 0 bridgehead atoms. The highest BCUT2D eigenvalue weighted by molar-refractivity contribution is 9.10. The maximum Gasteiger partial charge on any atom is 0.165 e. The van der Waals surface area contributed by atoms with Crippen molar-refractivity contribution in [3.8, 4) is 0 Å². The van der Waals surface area contributed by atoms with E-state index in [1.807, 2.05) is 6.20 Å². The van der Waals surface area contributed by atoms with Crippen molar-refractivity contribution in [3.05, 3.63) is 62.7 Å². The number of nitrogen functional groups attached to an aromatic ring is 1. The lowest BCUT2D eigenvalue weighted by molar-refractivity contribution is -0.0592. The van der Waals surface area contributed by atoms with E-state index in [0.717, 1.165) is 71.9 Å². The van der Waals surface area contributed by atoms with Crippen molar-refractivity contribution in [3.63, 3.8) is 0 Å². The third-order valence-electron chi connectivity index (χ3n) is 7.18. The first-order valence-corrected chi connectivity index (χ1v) is 13.0. The monoisotopic (exact) mass is 522 g/mol. The van der Waals surface area contributed by atoms with Gasteiger partial charge in [-0.25, -0.2) is 4.98 Å². The van der Waals surface area contributed by atoms with Gasteiger partial charge in [-0.1, -0.05) is 36.4 Å². The van der Waals surface area contributed by atoms with Crippen LogP contribution in [0.25, 0.3) is 23.4 Å². The van der Waals surface area contributed by atoms with Gasteiger partial charge in [0.1, 0.15) is 5.82 Å². The number of fused-ring (bicyclic) bond motifs is 2. The van der Waals surface area contributed by atoms with Crippen LogP contribution in [0.1, 0.15) is 68.5 Å². The molecule has 34 heavy (non-hydrogen) atoms. The lowest BCUT2D eigenvalue weighted by Crippen LogP contribution is -2.23. The van der Waals surface area contributed by atoms with Crippen LogP contribution in [-0.4, -0.2) is 31.1 Å². The van der Waals surface area contributed by atoms with Crippen LogP contribution in [0, 0.1) is 5.92 Å².